The van der Waals surface area contributed by atoms with Crippen LogP contribution in [0.25, 0.3) is 0 Å². The van der Waals surface area contributed by atoms with Crippen molar-refractivity contribution in [2.75, 3.05) is 43.4 Å². The quantitative estimate of drug-likeness (QED) is 0.519. The van der Waals surface area contributed by atoms with Crippen molar-refractivity contribution in [1.82, 2.24) is 15.2 Å². The standard InChI is InChI=1S/C26H28ClN5O2/c1-31-15-16-32(18-24(31)33)23-12-11-22(17-29-23)30-26(34)25(20-5-3-2-4-6-20)28-14-13-19-7-9-21(27)10-8-19/h2-12,17,25,28H,13-16,18H2,1H3,(H,30,34)/t25-/m1/s1. The molecule has 2 heterocycles. The molecule has 0 radical (unpaired) electrons. The molecule has 1 atom stereocenters. The van der Waals surface area contributed by atoms with E-state index in [0.29, 0.717) is 30.3 Å². The van der Waals surface area contributed by atoms with Crippen LogP contribution in [0.15, 0.2) is 72.9 Å². The van der Waals surface area contributed by atoms with Gasteiger partial charge in [0.05, 0.1) is 18.4 Å². The molecule has 1 aliphatic rings. The van der Waals surface area contributed by atoms with Crippen molar-refractivity contribution in [3.8, 4) is 0 Å². The van der Waals surface area contributed by atoms with E-state index in [2.05, 4.69) is 15.6 Å². The third-order valence-corrected chi connectivity index (χ3v) is 6.12. The smallest absolute Gasteiger partial charge is 0.246 e. The van der Waals surface area contributed by atoms with Crippen LogP contribution in [0.1, 0.15) is 17.2 Å². The predicted molar refractivity (Wildman–Crippen MR) is 135 cm³/mol. The molecule has 3 aromatic rings. The van der Waals surface area contributed by atoms with E-state index in [9.17, 15) is 9.59 Å². The molecule has 34 heavy (non-hydrogen) atoms. The summed E-state index contributed by atoms with van der Waals surface area (Å²) in [5, 5.41) is 7.05. The van der Waals surface area contributed by atoms with E-state index < -0.39 is 6.04 Å². The molecular weight excluding hydrogens is 450 g/mol. The second-order valence-corrected chi connectivity index (χ2v) is 8.74. The Morgan fingerprint density at radius 3 is 2.50 bits per heavy atom. The van der Waals surface area contributed by atoms with E-state index in [4.69, 9.17) is 11.6 Å². The molecule has 0 spiro atoms. The van der Waals surface area contributed by atoms with E-state index in [1.165, 1.54) is 0 Å². The molecule has 2 amide bonds. The number of carbonyl (C=O) groups is 2. The van der Waals surface area contributed by atoms with Crippen LogP contribution in [0, 0.1) is 0 Å². The Balaban J connectivity index is 1.40. The Morgan fingerprint density at radius 2 is 1.82 bits per heavy atom. The highest BCUT2D eigenvalue weighted by atomic mass is 35.5. The first-order valence-corrected chi connectivity index (χ1v) is 11.7. The third kappa shape index (κ3) is 6.12. The Hall–Kier alpha value is -3.42. The molecule has 8 heteroatoms. The number of hydrogen-bond acceptors (Lipinski definition) is 5. The summed E-state index contributed by atoms with van der Waals surface area (Å²) in [4.78, 5) is 33.3. The van der Waals surface area contributed by atoms with Gasteiger partial charge in [0.1, 0.15) is 11.9 Å². The van der Waals surface area contributed by atoms with Crippen LogP contribution in [-0.4, -0.2) is 54.9 Å². The maximum atomic E-state index is 13.2. The SMILES string of the molecule is CN1CCN(c2ccc(NC(=O)[C@H](NCCc3ccc(Cl)cc3)c3ccccc3)cn2)CC1=O. The molecule has 0 bridgehead atoms. The van der Waals surface area contributed by atoms with Gasteiger partial charge < -0.3 is 20.4 Å². The van der Waals surface area contributed by atoms with Gasteiger partial charge in [-0.05, 0) is 41.8 Å². The minimum absolute atomic E-state index is 0.0702. The summed E-state index contributed by atoms with van der Waals surface area (Å²) in [6.45, 7) is 2.33. The summed E-state index contributed by atoms with van der Waals surface area (Å²) >= 11 is 5.97. The van der Waals surface area contributed by atoms with Crippen molar-refractivity contribution in [3.63, 3.8) is 0 Å². The topological polar surface area (TPSA) is 77.6 Å². The second kappa shape index (κ2) is 11.1. The first-order valence-electron chi connectivity index (χ1n) is 11.3. The largest absolute Gasteiger partial charge is 0.346 e. The van der Waals surface area contributed by atoms with Crippen LogP contribution < -0.4 is 15.5 Å². The normalized spacial score (nSPS) is 14.7. The van der Waals surface area contributed by atoms with Crippen LogP contribution in [0.3, 0.4) is 0 Å². The van der Waals surface area contributed by atoms with Crippen LogP contribution in [0.2, 0.25) is 5.02 Å². The summed E-state index contributed by atoms with van der Waals surface area (Å²) in [5.74, 6) is 0.632. The van der Waals surface area contributed by atoms with Crippen molar-refractivity contribution < 1.29 is 9.59 Å². The molecule has 1 fully saturated rings. The lowest BCUT2D eigenvalue weighted by Crippen LogP contribution is -2.48. The van der Waals surface area contributed by atoms with Crippen LogP contribution in [0.5, 0.6) is 0 Å². The number of hydrogen-bond donors (Lipinski definition) is 2. The molecule has 0 saturated carbocycles. The molecule has 7 nitrogen and oxygen atoms in total. The first kappa shape index (κ1) is 23.7. The number of halogens is 1. The van der Waals surface area contributed by atoms with Gasteiger partial charge in [0.2, 0.25) is 11.8 Å². The van der Waals surface area contributed by atoms with Gasteiger partial charge >= 0.3 is 0 Å². The molecular formula is C26H28ClN5O2. The van der Waals surface area contributed by atoms with Gasteiger partial charge in [-0.3, -0.25) is 9.59 Å². The molecule has 2 N–H and O–H groups in total. The molecule has 0 unspecified atom stereocenters. The highest BCUT2D eigenvalue weighted by Crippen LogP contribution is 2.19. The second-order valence-electron chi connectivity index (χ2n) is 8.31. The molecule has 4 rings (SSSR count). The summed E-state index contributed by atoms with van der Waals surface area (Å²) in [5.41, 5.74) is 2.64. The summed E-state index contributed by atoms with van der Waals surface area (Å²) in [6.07, 6.45) is 2.40. The number of rotatable bonds is 8. The highest BCUT2D eigenvalue weighted by molar-refractivity contribution is 6.30. The van der Waals surface area contributed by atoms with Crippen LogP contribution >= 0.6 is 11.6 Å². The Morgan fingerprint density at radius 1 is 1.06 bits per heavy atom. The average molecular weight is 478 g/mol. The molecule has 1 aliphatic heterocycles. The first-order chi connectivity index (χ1) is 16.5. The van der Waals surface area contributed by atoms with Crippen molar-refractivity contribution >= 4 is 34.9 Å². The van der Waals surface area contributed by atoms with Gasteiger partial charge in [-0.15, -0.1) is 0 Å². The maximum absolute atomic E-state index is 13.2. The number of nitrogens with zero attached hydrogens (tertiary/aromatic N) is 3. The fourth-order valence-corrected chi connectivity index (χ4v) is 3.96. The molecule has 2 aromatic carbocycles. The van der Waals surface area contributed by atoms with Gasteiger partial charge in [-0.2, -0.15) is 0 Å². The number of carbonyl (C=O) groups excluding carboxylic acids is 2. The minimum Gasteiger partial charge on any atom is -0.346 e. The summed E-state index contributed by atoms with van der Waals surface area (Å²) in [7, 11) is 1.80. The molecule has 176 valence electrons. The Labute approximate surface area is 204 Å². The number of piperazine rings is 1. The van der Waals surface area contributed by atoms with Crippen molar-refractivity contribution in [1.29, 1.82) is 0 Å². The van der Waals surface area contributed by atoms with Crippen LogP contribution in [0.4, 0.5) is 11.5 Å². The van der Waals surface area contributed by atoms with E-state index in [-0.39, 0.29) is 11.8 Å². The van der Waals surface area contributed by atoms with E-state index in [1.807, 2.05) is 71.6 Å². The summed E-state index contributed by atoms with van der Waals surface area (Å²) in [6, 6.07) is 20.5. The molecule has 1 saturated heterocycles. The van der Waals surface area contributed by atoms with Gasteiger partial charge in [-0.1, -0.05) is 54.1 Å². The van der Waals surface area contributed by atoms with E-state index >= 15 is 0 Å². The Kier molecular flexibility index (Phi) is 7.77. The number of anilines is 2. The van der Waals surface area contributed by atoms with Gasteiger partial charge in [-0.25, -0.2) is 4.98 Å². The van der Waals surface area contributed by atoms with Gasteiger partial charge in [0.25, 0.3) is 0 Å². The average Bonchev–Trinajstić information content (AvgIpc) is 2.85. The lowest BCUT2D eigenvalue weighted by atomic mass is 10.1. The van der Waals surface area contributed by atoms with Crippen molar-refractivity contribution in [2.45, 2.75) is 12.5 Å². The zero-order valence-corrected chi connectivity index (χ0v) is 19.8. The molecule has 0 aliphatic carbocycles. The van der Waals surface area contributed by atoms with Gasteiger partial charge in [0.15, 0.2) is 0 Å². The number of benzene rings is 2. The maximum Gasteiger partial charge on any atom is 0.246 e. The lowest BCUT2D eigenvalue weighted by molar-refractivity contribution is -0.129. The molecule has 1 aromatic heterocycles. The summed E-state index contributed by atoms with van der Waals surface area (Å²) < 4.78 is 0. The van der Waals surface area contributed by atoms with E-state index in [1.54, 1.807) is 18.1 Å². The number of nitrogens with one attached hydrogen (secondary N) is 2. The Bertz CT molecular complexity index is 1110. The van der Waals surface area contributed by atoms with Crippen LogP contribution in [-0.2, 0) is 16.0 Å². The number of aromatic nitrogens is 1. The predicted octanol–water partition coefficient (Wildman–Crippen LogP) is 3.53. The fraction of sp³-hybridized carbons (Fsp3) is 0.269. The fourth-order valence-electron chi connectivity index (χ4n) is 3.83. The van der Waals surface area contributed by atoms with Crippen molar-refractivity contribution in [2.24, 2.45) is 0 Å². The monoisotopic (exact) mass is 477 g/mol. The van der Waals surface area contributed by atoms with E-state index in [0.717, 1.165) is 29.9 Å². The minimum atomic E-state index is -0.511. The lowest BCUT2D eigenvalue weighted by Gasteiger charge is -2.32. The number of amides is 2. The zero-order valence-electron chi connectivity index (χ0n) is 19.1. The highest BCUT2D eigenvalue weighted by Gasteiger charge is 2.23. The zero-order chi connectivity index (χ0) is 23.9. The number of pyridine rings is 1. The number of likely N-dealkylation sites (N-methyl/N-ethyl adjacent to an activating group) is 1. The van der Waals surface area contributed by atoms with Gasteiger partial charge in [0, 0.05) is 31.7 Å². The van der Waals surface area contributed by atoms with Crippen molar-refractivity contribution in [3.05, 3.63) is 89.1 Å². The third-order valence-electron chi connectivity index (χ3n) is 5.87.